The van der Waals surface area contributed by atoms with E-state index in [1.165, 1.54) is 35.2 Å². The van der Waals surface area contributed by atoms with E-state index >= 15 is 0 Å². The molecule has 0 fully saturated rings. The Morgan fingerprint density at radius 3 is 2.65 bits per heavy atom. The van der Waals surface area contributed by atoms with E-state index in [1.54, 1.807) is 32.6 Å². The minimum atomic E-state index is -0.275. The van der Waals surface area contributed by atoms with E-state index in [1.807, 2.05) is 36.4 Å². The third-order valence-electron chi connectivity index (χ3n) is 4.85. The molecule has 1 N–H and O–H groups in total. The van der Waals surface area contributed by atoms with Crippen LogP contribution in [-0.4, -0.2) is 37.1 Å². The minimum Gasteiger partial charge on any atom is -0.493 e. The van der Waals surface area contributed by atoms with Crippen LogP contribution in [0.3, 0.4) is 0 Å². The molecule has 1 aromatic heterocycles. The molecule has 0 radical (unpaired) electrons. The summed E-state index contributed by atoms with van der Waals surface area (Å²) in [4.78, 5) is 21.4. The van der Waals surface area contributed by atoms with Gasteiger partial charge in [-0.05, 0) is 53.6 Å². The Bertz CT molecular complexity index is 1320. The smallest absolute Gasteiger partial charge is 0.230 e. The molecule has 6 nitrogen and oxygen atoms in total. The summed E-state index contributed by atoms with van der Waals surface area (Å²) in [5.74, 6) is 1.18. The Balaban J connectivity index is 1.32. The Morgan fingerprint density at radius 2 is 1.88 bits per heavy atom. The summed E-state index contributed by atoms with van der Waals surface area (Å²) in [7, 11) is 3.16. The Labute approximate surface area is 204 Å². The van der Waals surface area contributed by atoms with E-state index in [0.717, 1.165) is 31.4 Å². The fourth-order valence-corrected chi connectivity index (χ4v) is 5.03. The highest BCUT2D eigenvalue weighted by Crippen LogP contribution is 2.32. The first-order chi connectivity index (χ1) is 16.5. The van der Waals surface area contributed by atoms with E-state index in [0.29, 0.717) is 18.0 Å². The van der Waals surface area contributed by atoms with Gasteiger partial charge in [0.2, 0.25) is 5.91 Å². The maximum atomic E-state index is 13.0. The zero-order valence-electron chi connectivity index (χ0n) is 18.6. The van der Waals surface area contributed by atoms with E-state index in [4.69, 9.17) is 9.47 Å². The van der Waals surface area contributed by atoms with Gasteiger partial charge in [-0.3, -0.25) is 9.79 Å². The number of fused-ring (bicyclic) bond motifs is 1. The van der Waals surface area contributed by atoms with Gasteiger partial charge in [-0.25, -0.2) is 9.37 Å². The van der Waals surface area contributed by atoms with E-state index in [9.17, 15) is 9.18 Å². The summed E-state index contributed by atoms with van der Waals surface area (Å²) in [6, 6.07) is 17.4. The zero-order chi connectivity index (χ0) is 23.9. The van der Waals surface area contributed by atoms with Crippen molar-refractivity contribution in [2.45, 2.75) is 10.9 Å². The normalized spacial score (nSPS) is 11.1. The number of nitrogens with zero attached hydrogens (tertiary/aromatic N) is 2. The Hall–Kier alpha value is -3.43. The highest BCUT2D eigenvalue weighted by molar-refractivity contribution is 8.01. The molecule has 1 heterocycles. The molecule has 34 heavy (non-hydrogen) atoms. The van der Waals surface area contributed by atoms with E-state index in [2.05, 4.69) is 15.3 Å². The third kappa shape index (κ3) is 6.12. The van der Waals surface area contributed by atoms with Crippen molar-refractivity contribution in [3.05, 3.63) is 77.6 Å². The number of rotatable bonds is 9. The van der Waals surface area contributed by atoms with Crippen molar-refractivity contribution in [3.63, 3.8) is 0 Å². The van der Waals surface area contributed by atoms with Crippen LogP contribution < -0.4 is 14.8 Å². The summed E-state index contributed by atoms with van der Waals surface area (Å²) in [6.07, 6.45) is 1.69. The molecule has 0 saturated heterocycles. The average molecular weight is 496 g/mol. The van der Waals surface area contributed by atoms with Gasteiger partial charge in [0.1, 0.15) is 5.82 Å². The van der Waals surface area contributed by atoms with Crippen molar-refractivity contribution < 1.29 is 18.7 Å². The molecular formula is C25H22FN3O3S2. The van der Waals surface area contributed by atoms with Crippen molar-refractivity contribution in [2.75, 3.05) is 20.0 Å². The summed E-state index contributed by atoms with van der Waals surface area (Å²) in [5, 5.41) is 2.91. The number of thiazole rings is 1. The molecule has 0 saturated carbocycles. The monoisotopic (exact) mass is 495 g/mol. The molecule has 174 valence electrons. The summed E-state index contributed by atoms with van der Waals surface area (Å²) < 4.78 is 25.4. The zero-order valence-corrected chi connectivity index (χ0v) is 20.2. The van der Waals surface area contributed by atoms with Crippen LogP contribution in [0, 0.1) is 5.82 Å². The molecule has 0 unspecified atom stereocenters. The van der Waals surface area contributed by atoms with Gasteiger partial charge in [-0.15, -0.1) is 11.3 Å². The first-order valence-corrected chi connectivity index (χ1v) is 12.1. The number of amides is 1. The second-order valence-corrected chi connectivity index (χ2v) is 9.45. The third-order valence-corrected chi connectivity index (χ3v) is 7.01. The van der Waals surface area contributed by atoms with Gasteiger partial charge in [0.05, 0.1) is 35.9 Å². The number of methoxy groups -OCH3 is 2. The van der Waals surface area contributed by atoms with Crippen molar-refractivity contribution in [1.29, 1.82) is 0 Å². The molecule has 0 aliphatic rings. The Kier molecular flexibility index (Phi) is 7.76. The summed E-state index contributed by atoms with van der Waals surface area (Å²) >= 11 is 2.92. The van der Waals surface area contributed by atoms with Crippen LogP contribution >= 0.6 is 23.1 Å². The molecule has 1 amide bonds. The van der Waals surface area contributed by atoms with Gasteiger partial charge in [0.25, 0.3) is 0 Å². The standard InChI is InChI=1S/C25H22FN3O3S2/c1-31-21-10-5-17(11-22(21)32-2)14-28-24(30)15-33-25-29-20-9-8-19(12-23(20)34-25)27-13-16-3-6-18(26)7-4-16/h3-13H,14-15H2,1-2H3,(H,28,30). The number of aliphatic imine (C=N–C) groups is 1. The molecular weight excluding hydrogens is 473 g/mol. The molecule has 0 aliphatic heterocycles. The number of halogens is 1. The molecule has 0 spiro atoms. The van der Waals surface area contributed by atoms with Crippen LogP contribution in [0.4, 0.5) is 10.1 Å². The van der Waals surface area contributed by atoms with Crippen molar-refractivity contribution in [1.82, 2.24) is 10.3 Å². The topological polar surface area (TPSA) is 72.8 Å². The van der Waals surface area contributed by atoms with Crippen LogP contribution in [0.1, 0.15) is 11.1 Å². The number of ether oxygens (including phenoxy) is 2. The van der Waals surface area contributed by atoms with Crippen molar-refractivity contribution in [2.24, 2.45) is 4.99 Å². The average Bonchev–Trinajstić information content (AvgIpc) is 3.28. The fourth-order valence-electron chi connectivity index (χ4n) is 3.10. The van der Waals surface area contributed by atoms with Crippen LogP contribution in [0.2, 0.25) is 0 Å². The van der Waals surface area contributed by atoms with Crippen LogP contribution in [0.5, 0.6) is 11.5 Å². The van der Waals surface area contributed by atoms with Gasteiger partial charge < -0.3 is 14.8 Å². The highest BCUT2D eigenvalue weighted by Gasteiger charge is 2.10. The SMILES string of the molecule is COc1ccc(CNC(=O)CSc2nc3ccc(N=Cc4ccc(F)cc4)cc3s2)cc1OC. The summed E-state index contributed by atoms with van der Waals surface area (Å²) in [6.45, 7) is 0.398. The lowest BCUT2D eigenvalue weighted by Crippen LogP contribution is -2.24. The van der Waals surface area contributed by atoms with Crippen molar-refractivity contribution >= 4 is 51.1 Å². The number of hydrogen-bond acceptors (Lipinski definition) is 7. The number of nitrogens with one attached hydrogen (secondary N) is 1. The highest BCUT2D eigenvalue weighted by atomic mass is 32.2. The first kappa shape index (κ1) is 23.7. The maximum Gasteiger partial charge on any atom is 0.230 e. The van der Waals surface area contributed by atoms with Crippen molar-refractivity contribution in [3.8, 4) is 11.5 Å². The van der Waals surface area contributed by atoms with Gasteiger partial charge in [-0.1, -0.05) is 30.0 Å². The molecule has 0 bridgehead atoms. The predicted molar refractivity (Wildman–Crippen MR) is 135 cm³/mol. The van der Waals surface area contributed by atoms with Gasteiger partial charge >= 0.3 is 0 Å². The lowest BCUT2D eigenvalue weighted by Gasteiger charge is -2.10. The van der Waals surface area contributed by atoms with Gasteiger partial charge in [0.15, 0.2) is 15.8 Å². The minimum absolute atomic E-state index is 0.0800. The van der Waals surface area contributed by atoms with E-state index < -0.39 is 0 Å². The fraction of sp³-hybridized carbons (Fsp3) is 0.160. The van der Waals surface area contributed by atoms with Gasteiger partial charge in [-0.2, -0.15) is 0 Å². The van der Waals surface area contributed by atoms with Crippen LogP contribution in [0.15, 0.2) is 70.0 Å². The molecule has 0 atom stereocenters. The lowest BCUT2D eigenvalue weighted by atomic mass is 10.2. The first-order valence-electron chi connectivity index (χ1n) is 10.3. The van der Waals surface area contributed by atoms with E-state index in [-0.39, 0.29) is 17.5 Å². The molecule has 0 aliphatic carbocycles. The van der Waals surface area contributed by atoms with Gasteiger partial charge in [0, 0.05) is 12.8 Å². The molecule has 9 heteroatoms. The second-order valence-electron chi connectivity index (χ2n) is 7.20. The number of aromatic nitrogens is 1. The number of carbonyl (C=O) groups is 1. The molecule has 3 aromatic carbocycles. The lowest BCUT2D eigenvalue weighted by molar-refractivity contribution is -0.118. The molecule has 4 rings (SSSR count). The predicted octanol–water partition coefficient (Wildman–Crippen LogP) is 5.61. The van der Waals surface area contributed by atoms with Crippen LogP contribution in [-0.2, 0) is 11.3 Å². The second kappa shape index (κ2) is 11.1. The summed E-state index contributed by atoms with van der Waals surface area (Å²) in [5.41, 5.74) is 3.38. The number of thioether (sulfide) groups is 1. The van der Waals surface area contributed by atoms with Crippen LogP contribution in [0.25, 0.3) is 10.2 Å². The quantitative estimate of drug-likeness (QED) is 0.241. The largest absolute Gasteiger partial charge is 0.493 e. The Morgan fingerprint density at radius 1 is 1.09 bits per heavy atom. The number of carbonyl (C=O) groups excluding carboxylic acids is 1. The maximum absolute atomic E-state index is 13.0. The number of hydrogen-bond donors (Lipinski definition) is 1. The molecule has 4 aromatic rings. The number of benzene rings is 3.